The molecule has 142 valence electrons. The van der Waals surface area contributed by atoms with Crippen LogP contribution >= 0.6 is 11.6 Å². The van der Waals surface area contributed by atoms with E-state index in [0.717, 1.165) is 10.8 Å². The molecular formula is C18H14ClN5O4. The maximum absolute atomic E-state index is 12.1. The van der Waals surface area contributed by atoms with E-state index in [9.17, 15) is 19.5 Å². The third kappa shape index (κ3) is 4.27. The Balaban J connectivity index is 1.85. The molecule has 0 aliphatic heterocycles. The number of rotatable bonds is 4. The van der Waals surface area contributed by atoms with Gasteiger partial charge in [0.2, 0.25) is 5.88 Å². The number of hydrogen-bond donors (Lipinski definition) is 4. The predicted octanol–water partition coefficient (Wildman–Crippen LogP) is 2.04. The molecule has 10 heteroatoms. The number of para-hydroxylation sites is 1. The first kappa shape index (κ1) is 18.9. The number of nitrogens with one attached hydrogen (secondary N) is 3. The number of nitrogens with zero attached hydrogens (tertiary/aromatic N) is 2. The van der Waals surface area contributed by atoms with Gasteiger partial charge < -0.3 is 10.4 Å². The van der Waals surface area contributed by atoms with Gasteiger partial charge in [-0.2, -0.15) is 5.10 Å². The number of aromatic nitrogens is 2. The second-order valence-corrected chi connectivity index (χ2v) is 5.94. The molecule has 3 rings (SSSR count). The van der Waals surface area contributed by atoms with Crippen LogP contribution in [0.2, 0.25) is 5.02 Å². The van der Waals surface area contributed by atoms with Crippen molar-refractivity contribution < 1.29 is 9.90 Å². The van der Waals surface area contributed by atoms with E-state index in [1.165, 1.54) is 12.1 Å². The maximum atomic E-state index is 12.1. The Bertz CT molecular complexity index is 1150. The highest BCUT2D eigenvalue weighted by atomic mass is 35.5. The van der Waals surface area contributed by atoms with Crippen LogP contribution in [-0.4, -0.2) is 26.9 Å². The predicted molar refractivity (Wildman–Crippen MR) is 106 cm³/mol. The standard InChI is InChI=1S/C18H14ClN5O4/c19-11-5-4-8-13(9-11)24-16(26)14(15(25)22-18(24)28)10-20-23-17(27)21-12-6-2-1-3-7-12/h1-10,26H,(H2,21,23,27)(H,22,25,28). The Morgan fingerprint density at radius 3 is 2.61 bits per heavy atom. The molecule has 28 heavy (non-hydrogen) atoms. The lowest BCUT2D eigenvalue weighted by Crippen LogP contribution is -2.32. The summed E-state index contributed by atoms with van der Waals surface area (Å²) in [6, 6.07) is 14.1. The van der Waals surface area contributed by atoms with Crippen molar-refractivity contribution in [2.75, 3.05) is 5.32 Å². The van der Waals surface area contributed by atoms with E-state index in [1.54, 1.807) is 42.5 Å². The van der Waals surface area contributed by atoms with Crippen molar-refractivity contribution in [3.8, 4) is 11.6 Å². The summed E-state index contributed by atoms with van der Waals surface area (Å²) in [5, 5.41) is 16.9. The lowest BCUT2D eigenvalue weighted by atomic mass is 10.3. The molecule has 0 radical (unpaired) electrons. The van der Waals surface area contributed by atoms with Crippen molar-refractivity contribution in [3.63, 3.8) is 0 Å². The second-order valence-electron chi connectivity index (χ2n) is 5.50. The minimum Gasteiger partial charge on any atom is -0.493 e. The summed E-state index contributed by atoms with van der Waals surface area (Å²) in [5.74, 6) is -0.648. The summed E-state index contributed by atoms with van der Waals surface area (Å²) < 4.78 is 0.860. The van der Waals surface area contributed by atoms with Gasteiger partial charge in [-0.3, -0.25) is 9.78 Å². The smallest absolute Gasteiger partial charge is 0.339 e. The number of urea groups is 1. The Morgan fingerprint density at radius 1 is 1.14 bits per heavy atom. The number of anilines is 1. The van der Waals surface area contributed by atoms with Gasteiger partial charge in [-0.15, -0.1) is 0 Å². The minimum absolute atomic E-state index is 0.246. The van der Waals surface area contributed by atoms with E-state index in [4.69, 9.17) is 11.6 Å². The first-order valence-electron chi connectivity index (χ1n) is 7.95. The van der Waals surface area contributed by atoms with Crippen molar-refractivity contribution in [2.24, 2.45) is 5.10 Å². The topological polar surface area (TPSA) is 129 Å². The van der Waals surface area contributed by atoms with Gasteiger partial charge in [0.25, 0.3) is 5.56 Å². The highest BCUT2D eigenvalue weighted by Crippen LogP contribution is 2.18. The Hall–Kier alpha value is -3.85. The largest absolute Gasteiger partial charge is 0.493 e. The number of carbonyl (C=O) groups is 1. The molecular weight excluding hydrogens is 386 g/mol. The van der Waals surface area contributed by atoms with Crippen LogP contribution in [0.1, 0.15) is 5.56 Å². The number of halogens is 1. The van der Waals surface area contributed by atoms with Crippen LogP contribution in [0.25, 0.3) is 5.69 Å². The summed E-state index contributed by atoms with van der Waals surface area (Å²) in [4.78, 5) is 38.0. The highest BCUT2D eigenvalue weighted by molar-refractivity contribution is 6.30. The second kappa shape index (κ2) is 8.23. The molecule has 4 N–H and O–H groups in total. The third-order valence-corrected chi connectivity index (χ3v) is 3.81. The lowest BCUT2D eigenvalue weighted by Gasteiger charge is -2.09. The Labute approximate surface area is 162 Å². The zero-order valence-electron chi connectivity index (χ0n) is 14.2. The lowest BCUT2D eigenvalue weighted by molar-refractivity contribution is 0.252. The van der Waals surface area contributed by atoms with E-state index in [-0.39, 0.29) is 11.3 Å². The van der Waals surface area contributed by atoms with Crippen LogP contribution in [0.4, 0.5) is 10.5 Å². The SMILES string of the molecule is O=C(NN=Cc1c(O)n(-c2cccc(Cl)c2)c(=O)[nH]c1=O)Nc1ccccc1. The molecule has 9 nitrogen and oxygen atoms in total. The molecule has 0 bridgehead atoms. The summed E-state index contributed by atoms with van der Waals surface area (Å²) in [7, 11) is 0. The van der Waals surface area contributed by atoms with Crippen LogP contribution in [-0.2, 0) is 0 Å². The van der Waals surface area contributed by atoms with Crippen molar-refractivity contribution in [2.45, 2.75) is 0 Å². The van der Waals surface area contributed by atoms with Gasteiger partial charge in [-0.1, -0.05) is 35.9 Å². The molecule has 2 aromatic carbocycles. The Morgan fingerprint density at radius 2 is 1.89 bits per heavy atom. The van der Waals surface area contributed by atoms with Crippen LogP contribution in [0, 0.1) is 0 Å². The number of carbonyl (C=O) groups excluding carboxylic acids is 1. The van der Waals surface area contributed by atoms with E-state index in [2.05, 4.69) is 20.8 Å². The third-order valence-electron chi connectivity index (χ3n) is 3.58. The molecule has 0 unspecified atom stereocenters. The van der Waals surface area contributed by atoms with Crippen molar-refractivity contribution in [1.29, 1.82) is 0 Å². The van der Waals surface area contributed by atoms with E-state index >= 15 is 0 Å². The van der Waals surface area contributed by atoms with Gasteiger partial charge in [-0.05, 0) is 30.3 Å². The monoisotopic (exact) mass is 399 g/mol. The van der Waals surface area contributed by atoms with Crippen LogP contribution < -0.4 is 22.0 Å². The molecule has 0 saturated carbocycles. The van der Waals surface area contributed by atoms with Crippen molar-refractivity contribution in [1.82, 2.24) is 15.0 Å². The van der Waals surface area contributed by atoms with Gasteiger partial charge in [0, 0.05) is 10.7 Å². The van der Waals surface area contributed by atoms with Crippen LogP contribution in [0.3, 0.4) is 0 Å². The quantitative estimate of drug-likeness (QED) is 0.395. The van der Waals surface area contributed by atoms with Gasteiger partial charge in [-0.25, -0.2) is 19.6 Å². The van der Waals surface area contributed by atoms with Crippen LogP contribution in [0.15, 0.2) is 69.3 Å². The normalized spacial score (nSPS) is 10.8. The fourth-order valence-electron chi connectivity index (χ4n) is 2.35. The number of benzene rings is 2. The fourth-order valence-corrected chi connectivity index (χ4v) is 2.53. The minimum atomic E-state index is -0.866. The number of hydrazone groups is 1. The summed E-state index contributed by atoms with van der Waals surface area (Å²) in [6.07, 6.45) is 0.930. The number of H-pyrrole nitrogens is 1. The zero-order chi connectivity index (χ0) is 20.1. The van der Waals surface area contributed by atoms with Gasteiger partial charge in [0.05, 0.1) is 11.9 Å². The number of aromatic amines is 1. The van der Waals surface area contributed by atoms with Crippen molar-refractivity contribution in [3.05, 3.63) is 86.0 Å². The number of hydrogen-bond acceptors (Lipinski definition) is 5. The molecule has 0 fully saturated rings. The maximum Gasteiger partial charge on any atom is 0.339 e. The molecule has 0 aliphatic rings. The molecule has 1 aromatic heterocycles. The van der Waals surface area contributed by atoms with Gasteiger partial charge in [0.1, 0.15) is 5.56 Å². The number of amides is 2. The fraction of sp³-hybridized carbons (Fsp3) is 0. The van der Waals surface area contributed by atoms with Crippen LogP contribution in [0.5, 0.6) is 5.88 Å². The molecule has 2 amide bonds. The first-order valence-corrected chi connectivity index (χ1v) is 8.33. The molecule has 3 aromatic rings. The zero-order valence-corrected chi connectivity index (χ0v) is 15.0. The van der Waals surface area contributed by atoms with E-state index < -0.39 is 23.2 Å². The average Bonchev–Trinajstić information content (AvgIpc) is 2.65. The molecule has 1 heterocycles. The molecule has 0 spiro atoms. The van der Waals surface area contributed by atoms with E-state index in [1.807, 2.05) is 0 Å². The molecule has 0 atom stereocenters. The van der Waals surface area contributed by atoms with Crippen molar-refractivity contribution >= 4 is 29.5 Å². The summed E-state index contributed by atoms with van der Waals surface area (Å²) in [6.45, 7) is 0. The highest BCUT2D eigenvalue weighted by Gasteiger charge is 2.14. The summed E-state index contributed by atoms with van der Waals surface area (Å²) >= 11 is 5.91. The van der Waals surface area contributed by atoms with Gasteiger partial charge >= 0.3 is 11.7 Å². The van der Waals surface area contributed by atoms with Gasteiger partial charge in [0.15, 0.2) is 0 Å². The summed E-state index contributed by atoms with van der Waals surface area (Å²) in [5.41, 5.74) is 0.921. The average molecular weight is 400 g/mol. The van der Waals surface area contributed by atoms with E-state index in [0.29, 0.717) is 10.7 Å². The molecule has 0 saturated heterocycles. The first-order chi connectivity index (χ1) is 13.5. The Kier molecular flexibility index (Phi) is 5.56. The molecule has 0 aliphatic carbocycles. The number of aromatic hydroxyl groups is 1.